The fourth-order valence-electron chi connectivity index (χ4n) is 2.35. The van der Waals surface area contributed by atoms with E-state index in [1.165, 1.54) is 19.3 Å². The van der Waals surface area contributed by atoms with Crippen LogP contribution in [0.25, 0.3) is 0 Å². The summed E-state index contributed by atoms with van der Waals surface area (Å²) in [6.07, 6.45) is 3.82. The minimum Gasteiger partial charge on any atom is -0.484 e. The normalized spacial score (nSPS) is 14.7. The molecule has 0 aliphatic heterocycles. The van der Waals surface area contributed by atoms with Crippen LogP contribution in [0.4, 0.5) is 0 Å². The van der Waals surface area contributed by atoms with Crippen LogP contribution in [0.15, 0.2) is 24.3 Å². The van der Waals surface area contributed by atoms with E-state index in [0.29, 0.717) is 12.5 Å². The molecule has 0 heterocycles. The molecular weight excluding hydrogens is 252 g/mol. The van der Waals surface area contributed by atoms with Crippen molar-refractivity contribution in [2.45, 2.75) is 32.7 Å². The van der Waals surface area contributed by atoms with E-state index in [9.17, 15) is 4.79 Å². The monoisotopic (exact) mass is 276 g/mol. The number of likely N-dealkylation sites (N-methyl/N-ethyl adjacent to an activating group) is 1. The first-order valence-electron chi connectivity index (χ1n) is 7.42. The number of hydrogen-bond donors (Lipinski definition) is 1. The molecule has 20 heavy (non-hydrogen) atoms. The van der Waals surface area contributed by atoms with Gasteiger partial charge in [-0.05, 0) is 43.4 Å². The fraction of sp³-hybridized carbons (Fsp3) is 0.562. The first kappa shape index (κ1) is 14.9. The molecule has 0 atom stereocenters. The summed E-state index contributed by atoms with van der Waals surface area (Å²) in [6, 6.07) is 7.56. The summed E-state index contributed by atoms with van der Waals surface area (Å²) in [6.45, 7) is 4.29. The van der Waals surface area contributed by atoms with Crippen LogP contribution in [0.2, 0.25) is 0 Å². The topological polar surface area (TPSA) is 55.6 Å². The smallest absolute Gasteiger partial charge is 0.260 e. The highest BCUT2D eigenvalue weighted by Crippen LogP contribution is 2.27. The highest BCUT2D eigenvalue weighted by Gasteiger charge is 2.22. The van der Waals surface area contributed by atoms with E-state index >= 15 is 0 Å². The van der Waals surface area contributed by atoms with Crippen molar-refractivity contribution in [3.63, 3.8) is 0 Å². The molecule has 1 fully saturated rings. The third kappa shape index (κ3) is 3.97. The van der Waals surface area contributed by atoms with E-state index in [4.69, 9.17) is 10.5 Å². The minimum atomic E-state index is 0.0716. The lowest BCUT2D eigenvalue weighted by molar-refractivity contribution is -0.134. The van der Waals surface area contributed by atoms with E-state index in [0.717, 1.165) is 24.4 Å². The molecular formula is C16H24N2O2. The number of ether oxygens (including phenoxy) is 1. The SMILES string of the molecule is CCN(CC1CCC1)C(=O)COc1ccc(CN)cc1. The lowest BCUT2D eigenvalue weighted by Crippen LogP contribution is -2.39. The number of nitrogens with zero attached hydrogens (tertiary/aromatic N) is 1. The summed E-state index contributed by atoms with van der Waals surface area (Å²) >= 11 is 0. The summed E-state index contributed by atoms with van der Waals surface area (Å²) < 4.78 is 5.55. The first-order chi connectivity index (χ1) is 9.72. The number of benzene rings is 1. The highest BCUT2D eigenvalue weighted by atomic mass is 16.5. The third-order valence-corrected chi connectivity index (χ3v) is 3.96. The summed E-state index contributed by atoms with van der Waals surface area (Å²) in [5, 5.41) is 0. The van der Waals surface area contributed by atoms with Crippen LogP contribution in [0.1, 0.15) is 31.7 Å². The molecule has 1 aromatic rings. The highest BCUT2D eigenvalue weighted by molar-refractivity contribution is 5.77. The summed E-state index contributed by atoms with van der Waals surface area (Å²) in [5.41, 5.74) is 6.60. The Morgan fingerprint density at radius 1 is 1.35 bits per heavy atom. The van der Waals surface area contributed by atoms with Crippen LogP contribution >= 0.6 is 0 Å². The van der Waals surface area contributed by atoms with Gasteiger partial charge in [0.05, 0.1) is 0 Å². The van der Waals surface area contributed by atoms with E-state index in [1.807, 2.05) is 36.1 Å². The molecule has 1 aromatic carbocycles. The molecule has 2 N–H and O–H groups in total. The second kappa shape index (κ2) is 7.29. The van der Waals surface area contributed by atoms with Crippen molar-refractivity contribution in [1.82, 2.24) is 4.90 Å². The number of amides is 1. The Hall–Kier alpha value is -1.55. The molecule has 0 spiro atoms. The van der Waals surface area contributed by atoms with Gasteiger partial charge in [0.15, 0.2) is 6.61 Å². The molecule has 2 rings (SSSR count). The van der Waals surface area contributed by atoms with Gasteiger partial charge < -0.3 is 15.4 Å². The molecule has 1 amide bonds. The summed E-state index contributed by atoms with van der Waals surface area (Å²) in [7, 11) is 0. The maximum absolute atomic E-state index is 12.1. The number of nitrogens with two attached hydrogens (primary N) is 1. The fourth-order valence-corrected chi connectivity index (χ4v) is 2.35. The molecule has 0 saturated heterocycles. The largest absolute Gasteiger partial charge is 0.484 e. The molecule has 1 aliphatic carbocycles. The Kier molecular flexibility index (Phi) is 5.41. The Morgan fingerprint density at radius 3 is 2.55 bits per heavy atom. The number of rotatable bonds is 7. The van der Waals surface area contributed by atoms with Gasteiger partial charge in [-0.25, -0.2) is 0 Å². The second-order valence-electron chi connectivity index (χ2n) is 5.37. The average molecular weight is 276 g/mol. The van der Waals surface area contributed by atoms with Gasteiger partial charge >= 0.3 is 0 Å². The van der Waals surface area contributed by atoms with E-state index < -0.39 is 0 Å². The van der Waals surface area contributed by atoms with Crippen molar-refractivity contribution < 1.29 is 9.53 Å². The zero-order valence-corrected chi connectivity index (χ0v) is 12.2. The summed E-state index contributed by atoms with van der Waals surface area (Å²) in [5.74, 6) is 1.49. The zero-order chi connectivity index (χ0) is 14.4. The third-order valence-electron chi connectivity index (χ3n) is 3.96. The predicted molar refractivity (Wildman–Crippen MR) is 79.4 cm³/mol. The summed E-state index contributed by atoms with van der Waals surface area (Å²) in [4.78, 5) is 14.0. The van der Waals surface area contributed by atoms with Gasteiger partial charge in [0.1, 0.15) is 5.75 Å². The first-order valence-corrected chi connectivity index (χ1v) is 7.42. The molecule has 1 aliphatic rings. The van der Waals surface area contributed by atoms with E-state index in [1.54, 1.807) is 0 Å². The molecule has 1 saturated carbocycles. The van der Waals surface area contributed by atoms with Gasteiger partial charge in [-0.15, -0.1) is 0 Å². The lowest BCUT2D eigenvalue weighted by Gasteiger charge is -2.31. The van der Waals surface area contributed by atoms with Crippen molar-refractivity contribution in [3.8, 4) is 5.75 Å². The van der Waals surface area contributed by atoms with E-state index in [2.05, 4.69) is 0 Å². The van der Waals surface area contributed by atoms with Gasteiger partial charge in [-0.3, -0.25) is 4.79 Å². The van der Waals surface area contributed by atoms with Crippen molar-refractivity contribution in [2.75, 3.05) is 19.7 Å². The van der Waals surface area contributed by atoms with Crippen molar-refractivity contribution in [2.24, 2.45) is 11.7 Å². The van der Waals surface area contributed by atoms with Crippen molar-refractivity contribution >= 4 is 5.91 Å². The number of carbonyl (C=O) groups excluding carboxylic acids is 1. The van der Waals surface area contributed by atoms with Gasteiger partial charge in [0.2, 0.25) is 0 Å². The molecule has 4 heteroatoms. The predicted octanol–water partition coefficient (Wildman–Crippen LogP) is 2.17. The zero-order valence-electron chi connectivity index (χ0n) is 12.2. The Bertz CT molecular complexity index is 427. The Balaban J connectivity index is 1.79. The maximum atomic E-state index is 12.1. The van der Waals surface area contributed by atoms with Crippen LogP contribution in [-0.2, 0) is 11.3 Å². The average Bonchev–Trinajstić information content (AvgIpc) is 2.44. The van der Waals surface area contributed by atoms with Gasteiger partial charge in [-0.1, -0.05) is 18.6 Å². The van der Waals surface area contributed by atoms with Gasteiger partial charge in [-0.2, -0.15) is 0 Å². The van der Waals surface area contributed by atoms with Crippen LogP contribution < -0.4 is 10.5 Å². The molecule has 0 radical (unpaired) electrons. The van der Waals surface area contributed by atoms with Crippen LogP contribution in [-0.4, -0.2) is 30.5 Å². The lowest BCUT2D eigenvalue weighted by atomic mass is 9.85. The minimum absolute atomic E-state index is 0.0716. The van der Waals surface area contributed by atoms with Crippen molar-refractivity contribution in [3.05, 3.63) is 29.8 Å². The van der Waals surface area contributed by atoms with Crippen LogP contribution in [0, 0.1) is 5.92 Å². The Labute approximate surface area is 120 Å². The maximum Gasteiger partial charge on any atom is 0.260 e. The van der Waals surface area contributed by atoms with Gasteiger partial charge in [0, 0.05) is 19.6 Å². The number of hydrogen-bond acceptors (Lipinski definition) is 3. The second-order valence-corrected chi connectivity index (χ2v) is 5.37. The van der Waals surface area contributed by atoms with E-state index in [-0.39, 0.29) is 12.5 Å². The quantitative estimate of drug-likeness (QED) is 0.830. The molecule has 4 nitrogen and oxygen atoms in total. The number of carbonyl (C=O) groups is 1. The van der Waals surface area contributed by atoms with Crippen LogP contribution in [0.3, 0.4) is 0 Å². The van der Waals surface area contributed by atoms with Crippen molar-refractivity contribution in [1.29, 1.82) is 0 Å². The molecule has 110 valence electrons. The Morgan fingerprint density at radius 2 is 2.05 bits per heavy atom. The molecule has 0 aromatic heterocycles. The standard InChI is InChI=1S/C16H24N2O2/c1-2-18(11-14-4-3-5-14)16(19)12-20-15-8-6-13(10-17)7-9-15/h6-9,14H,2-5,10-12,17H2,1H3. The molecule has 0 bridgehead atoms. The molecule has 0 unspecified atom stereocenters. The van der Waals surface area contributed by atoms with Gasteiger partial charge in [0.25, 0.3) is 5.91 Å². The van der Waals surface area contributed by atoms with Crippen LogP contribution in [0.5, 0.6) is 5.75 Å².